The maximum Gasteiger partial charge on any atom is -0.0259 e. The summed E-state index contributed by atoms with van der Waals surface area (Å²) < 4.78 is 0. The van der Waals surface area contributed by atoms with Gasteiger partial charge in [0.15, 0.2) is 0 Å². The van der Waals surface area contributed by atoms with Crippen LogP contribution in [0.15, 0.2) is 0 Å². The predicted molar refractivity (Wildman–Crippen MR) is 120 cm³/mol. The highest BCUT2D eigenvalue weighted by molar-refractivity contribution is 5.14. The molecular weight excluding hydrogens is 336 g/mol. The second kappa shape index (κ2) is 6.50. The Balaban J connectivity index is 1.46. The van der Waals surface area contributed by atoms with Gasteiger partial charge in [-0.25, -0.2) is 0 Å². The normalized spacial score (nSPS) is 55.0. The van der Waals surface area contributed by atoms with Gasteiger partial charge in [-0.2, -0.15) is 0 Å². The zero-order valence-electron chi connectivity index (χ0n) is 19.8. The van der Waals surface area contributed by atoms with Gasteiger partial charge < -0.3 is 0 Å². The van der Waals surface area contributed by atoms with Crippen LogP contribution in [-0.2, 0) is 0 Å². The molecule has 0 radical (unpaired) electrons. The smallest absolute Gasteiger partial charge is 0.0259 e. The van der Waals surface area contributed by atoms with Crippen molar-refractivity contribution in [3.05, 3.63) is 0 Å². The fourth-order valence-corrected chi connectivity index (χ4v) is 11.4. The Morgan fingerprint density at radius 2 is 1.46 bits per heavy atom. The minimum atomic E-state index is 0.583. The Hall–Kier alpha value is 0. The van der Waals surface area contributed by atoms with Crippen LogP contribution in [0.25, 0.3) is 0 Å². The van der Waals surface area contributed by atoms with Gasteiger partial charge >= 0.3 is 0 Å². The van der Waals surface area contributed by atoms with E-state index in [0.717, 1.165) is 35.0 Å². The van der Waals surface area contributed by atoms with Gasteiger partial charge in [-0.05, 0) is 122 Å². The number of fused-ring (bicyclic) bond motifs is 7. The lowest BCUT2D eigenvalue weighted by atomic mass is 9.36. The van der Waals surface area contributed by atoms with Crippen molar-refractivity contribution in [2.24, 2.45) is 51.2 Å². The first kappa shape index (κ1) is 19.9. The summed E-state index contributed by atoms with van der Waals surface area (Å²) in [4.78, 5) is 0. The predicted octanol–water partition coefficient (Wildman–Crippen LogP) is 8.64. The molecule has 5 saturated carbocycles. The van der Waals surface area contributed by atoms with Crippen LogP contribution >= 0.6 is 0 Å². The quantitative estimate of drug-likeness (QED) is 0.447. The number of hydrogen-bond acceptors (Lipinski definition) is 0. The summed E-state index contributed by atoms with van der Waals surface area (Å²) in [5, 5.41) is 0. The molecule has 8 atom stereocenters. The van der Waals surface area contributed by atoms with Gasteiger partial charge in [-0.1, -0.05) is 53.9 Å². The molecule has 160 valence electrons. The second-order valence-corrected chi connectivity index (χ2v) is 13.5. The molecule has 0 nitrogen and oxygen atoms in total. The van der Waals surface area contributed by atoms with E-state index < -0.39 is 0 Å². The minimum Gasteiger partial charge on any atom is -0.0654 e. The van der Waals surface area contributed by atoms with E-state index in [-0.39, 0.29) is 0 Å². The molecule has 0 spiro atoms. The summed E-state index contributed by atoms with van der Waals surface area (Å²) in [6, 6.07) is 0. The van der Waals surface area contributed by atoms with E-state index in [9.17, 15) is 0 Å². The van der Waals surface area contributed by atoms with E-state index in [1.165, 1.54) is 38.5 Å². The molecule has 8 unspecified atom stereocenters. The van der Waals surface area contributed by atoms with Crippen molar-refractivity contribution in [3.63, 3.8) is 0 Å². The largest absolute Gasteiger partial charge is 0.0654 e. The van der Waals surface area contributed by atoms with Gasteiger partial charge in [0.05, 0.1) is 0 Å². The van der Waals surface area contributed by atoms with Crippen LogP contribution in [0.1, 0.15) is 125 Å². The molecule has 0 heterocycles. The Bertz CT molecular complexity index is 603. The Kier molecular flexibility index (Phi) is 4.63. The molecule has 0 aliphatic heterocycles. The van der Waals surface area contributed by atoms with E-state index >= 15 is 0 Å². The summed E-state index contributed by atoms with van der Waals surface area (Å²) in [7, 11) is 0. The third-order valence-electron chi connectivity index (χ3n) is 12.2. The average molecular weight is 385 g/mol. The minimum absolute atomic E-state index is 0.583. The Labute approximate surface area is 176 Å². The van der Waals surface area contributed by atoms with Gasteiger partial charge in [-0.3, -0.25) is 0 Å². The van der Waals surface area contributed by atoms with E-state index in [0.29, 0.717) is 16.2 Å². The molecule has 0 aromatic carbocycles. The summed E-state index contributed by atoms with van der Waals surface area (Å²) in [5.41, 5.74) is 2.64. The maximum atomic E-state index is 2.80. The lowest BCUT2D eigenvalue weighted by Crippen LogP contribution is -2.61. The molecule has 0 aromatic heterocycles. The van der Waals surface area contributed by atoms with Crippen LogP contribution in [0.5, 0.6) is 0 Å². The Morgan fingerprint density at radius 1 is 0.643 bits per heavy atom. The third-order valence-corrected chi connectivity index (χ3v) is 12.2. The fraction of sp³-hybridized carbons (Fsp3) is 1.00. The monoisotopic (exact) mass is 384 g/mol. The highest BCUT2D eigenvalue weighted by Gasteiger charge is 2.64. The molecule has 0 bridgehead atoms. The van der Waals surface area contributed by atoms with Crippen LogP contribution in [0.3, 0.4) is 0 Å². The van der Waals surface area contributed by atoms with E-state index in [2.05, 4.69) is 34.6 Å². The van der Waals surface area contributed by atoms with Crippen molar-refractivity contribution in [1.82, 2.24) is 0 Å². The standard InChI is InChI=1S/C28H48/c1-6-14-28-17-7-9-22(28)20-10-11-24-26(4,21(20)12-19-28)18-13-23-25(2,3)15-8-16-27(23,24)5/h20-24H,6-19H2,1-5H3. The summed E-state index contributed by atoms with van der Waals surface area (Å²) in [6.07, 6.45) is 21.6. The van der Waals surface area contributed by atoms with Crippen LogP contribution < -0.4 is 0 Å². The van der Waals surface area contributed by atoms with Crippen LogP contribution in [-0.4, -0.2) is 0 Å². The highest BCUT2D eigenvalue weighted by Crippen LogP contribution is 2.73. The zero-order valence-corrected chi connectivity index (χ0v) is 19.8. The molecule has 0 amide bonds. The maximum absolute atomic E-state index is 2.80. The second-order valence-electron chi connectivity index (χ2n) is 13.5. The van der Waals surface area contributed by atoms with Gasteiger partial charge in [0.2, 0.25) is 0 Å². The summed E-state index contributed by atoms with van der Waals surface area (Å²) >= 11 is 0. The van der Waals surface area contributed by atoms with E-state index in [4.69, 9.17) is 0 Å². The molecule has 28 heavy (non-hydrogen) atoms. The average Bonchev–Trinajstić information content (AvgIpc) is 3.05. The summed E-state index contributed by atoms with van der Waals surface area (Å²) in [5.74, 6) is 5.23. The van der Waals surface area contributed by atoms with Crippen molar-refractivity contribution in [3.8, 4) is 0 Å². The first-order valence-electron chi connectivity index (χ1n) is 13.3. The van der Waals surface area contributed by atoms with Gasteiger partial charge in [0, 0.05) is 0 Å². The van der Waals surface area contributed by atoms with Crippen molar-refractivity contribution in [1.29, 1.82) is 0 Å². The van der Waals surface area contributed by atoms with Crippen molar-refractivity contribution >= 4 is 0 Å². The topological polar surface area (TPSA) is 0 Å². The summed E-state index contributed by atoms with van der Waals surface area (Å²) in [6.45, 7) is 13.2. The lowest BCUT2D eigenvalue weighted by molar-refractivity contribution is -0.195. The van der Waals surface area contributed by atoms with Crippen LogP contribution in [0, 0.1) is 51.2 Å². The van der Waals surface area contributed by atoms with Crippen LogP contribution in [0.2, 0.25) is 0 Å². The molecule has 0 saturated heterocycles. The molecule has 5 aliphatic carbocycles. The molecule has 5 fully saturated rings. The highest BCUT2D eigenvalue weighted by atomic mass is 14.7. The van der Waals surface area contributed by atoms with Gasteiger partial charge in [-0.15, -0.1) is 0 Å². The Morgan fingerprint density at radius 3 is 2.25 bits per heavy atom. The molecule has 5 rings (SSSR count). The first-order chi connectivity index (χ1) is 13.3. The van der Waals surface area contributed by atoms with Crippen molar-refractivity contribution in [2.75, 3.05) is 0 Å². The molecule has 0 aromatic rings. The molecule has 5 aliphatic rings. The molecular formula is C28H48. The number of hydrogen-bond donors (Lipinski definition) is 0. The van der Waals surface area contributed by atoms with Gasteiger partial charge in [0.1, 0.15) is 0 Å². The van der Waals surface area contributed by atoms with E-state index in [1.54, 1.807) is 51.4 Å². The first-order valence-corrected chi connectivity index (χ1v) is 13.3. The fourth-order valence-electron chi connectivity index (χ4n) is 11.4. The lowest BCUT2D eigenvalue weighted by Gasteiger charge is -2.68. The van der Waals surface area contributed by atoms with Crippen LogP contribution in [0.4, 0.5) is 0 Å². The molecule has 0 N–H and O–H groups in total. The van der Waals surface area contributed by atoms with Gasteiger partial charge in [0.25, 0.3) is 0 Å². The SMILES string of the molecule is CCCC12CCCC1C1CCC3C(C)(CCC4C(C)(C)CCCC43C)C1CC2. The van der Waals surface area contributed by atoms with Crippen molar-refractivity contribution in [2.45, 2.75) is 125 Å². The molecule has 0 heteroatoms. The van der Waals surface area contributed by atoms with Crippen molar-refractivity contribution < 1.29 is 0 Å². The zero-order chi connectivity index (χ0) is 19.8. The third kappa shape index (κ3) is 2.54. The number of rotatable bonds is 2. The van der Waals surface area contributed by atoms with E-state index in [1.807, 2.05) is 0 Å².